The van der Waals surface area contributed by atoms with Crippen molar-refractivity contribution < 1.29 is 10.2 Å². The monoisotopic (exact) mass is 320 g/mol. The summed E-state index contributed by atoms with van der Waals surface area (Å²) in [5.41, 5.74) is 2.99. The van der Waals surface area contributed by atoms with Crippen LogP contribution in [0.25, 0.3) is 0 Å². The molecule has 0 aromatic heterocycles. The third kappa shape index (κ3) is 13.9. The van der Waals surface area contributed by atoms with Crippen LogP contribution in [0.4, 0.5) is 0 Å². The quantitative estimate of drug-likeness (QED) is 0.254. The predicted molar refractivity (Wildman–Crippen MR) is 102 cm³/mol. The van der Waals surface area contributed by atoms with E-state index in [-0.39, 0.29) is 0 Å². The minimum absolute atomic E-state index is 0.353. The van der Waals surface area contributed by atoms with Crippen molar-refractivity contribution in [2.75, 3.05) is 0 Å². The van der Waals surface area contributed by atoms with Crippen LogP contribution in [0.15, 0.2) is 47.0 Å². The smallest absolute Gasteiger partial charge is 0.0891 e. The first-order valence-corrected chi connectivity index (χ1v) is 8.68. The Morgan fingerprint density at radius 2 is 1.17 bits per heavy atom. The number of aliphatic hydroxyl groups excluding tert-OH is 2. The van der Waals surface area contributed by atoms with Gasteiger partial charge in [-0.2, -0.15) is 0 Å². The summed E-state index contributed by atoms with van der Waals surface area (Å²) in [5, 5.41) is 18.3. The van der Waals surface area contributed by atoms with Crippen molar-refractivity contribution in [2.45, 2.75) is 80.1 Å². The van der Waals surface area contributed by atoms with Gasteiger partial charge >= 0.3 is 0 Å². The van der Waals surface area contributed by atoms with Gasteiger partial charge in [0.15, 0.2) is 0 Å². The molecule has 0 spiro atoms. The standard InChI is InChI=1S/C21H36O2/c1-17(10-12-19(3)22)9-7-8-15-21(5,6)16-14-18(2)11-13-20(4)23/h10-13,22-23H,7-9,14-16H2,1-6H3/b17-10+,18-11+,19-12+,20-13+. The summed E-state index contributed by atoms with van der Waals surface area (Å²) in [5.74, 6) is 0.721. The average molecular weight is 321 g/mol. The van der Waals surface area contributed by atoms with Crippen LogP contribution in [0.5, 0.6) is 0 Å². The molecule has 0 aliphatic heterocycles. The van der Waals surface area contributed by atoms with E-state index >= 15 is 0 Å². The lowest BCUT2D eigenvalue weighted by Gasteiger charge is -2.24. The summed E-state index contributed by atoms with van der Waals surface area (Å²) in [6.07, 6.45) is 14.6. The number of unbranched alkanes of at least 4 members (excludes halogenated alkanes) is 1. The van der Waals surface area contributed by atoms with E-state index in [0.717, 1.165) is 12.8 Å². The van der Waals surface area contributed by atoms with Gasteiger partial charge in [0.05, 0.1) is 11.5 Å². The van der Waals surface area contributed by atoms with E-state index in [4.69, 9.17) is 5.11 Å². The maximum Gasteiger partial charge on any atom is 0.0891 e. The van der Waals surface area contributed by atoms with Gasteiger partial charge in [-0.25, -0.2) is 0 Å². The van der Waals surface area contributed by atoms with Crippen molar-refractivity contribution >= 4 is 0 Å². The number of aliphatic hydroxyl groups is 2. The predicted octanol–water partition coefficient (Wildman–Crippen LogP) is 7.17. The first-order chi connectivity index (χ1) is 10.6. The molecule has 0 amide bonds. The Bertz CT molecular complexity index is 454. The van der Waals surface area contributed by atoms with Crippen molar-refractivity contribution in [3.8, 4) is 0 Å². The lowest BCUT2D eigenvalue weighted by molar-refractivity contribution is 0.296. The minimum Gasteiger partial charge on any atom is -0.513 e. The van der Waals surface area contributed by atoms with Gasteiger partial charge in [0.2, 0.25) is 0 Å². The largest absolute Gasteiger partial charge is 0.513 e. The summed E-state index contributed by atoms with van der Waals surface area (Å²) in [4.78, 5) is 0. The van der Waals surface area contributed by atoms with Crippen LogP contribution in [-0.2, 0) is 0 Å². The molecule has 0 aromatic carbocycles. The van der Waals surface area contributed by atoms with Crippen LogP contribution in [0.3, 0.4) is 0 Å². The molecule has 0 saturated carbocycles. The highest BCUT2D eigenvalue weighted by atomic mass is 16.3. The Kier molecular flexibility index (Phi) is 10.5. The van der Waals surface area contributed by atoms with Crippen molar-refractivity contribution in [1.29, 1.82) is 0 Å². The summed E-state index contributed by atoms with van der Waals surface area (Å²) >= 11 is 0. The zero-order chi connectivity index (χ0) is 17.9. The van der Waals surface area contributed by atoms with Gasteiger partial charge in [-0.1, -0.05) is 43.6 Å². The van der Waals surface area contributed by atoms with E-state index in [2.05, 4.69) is 27.7 Å². The Morgan fingerprint density at radius 1 is 0.696 bits per heavy atom. The molecule has 0 radical (unpaired) electrons. The summed E-state index contributed by atoms with van der Waals surface area (Å²) in [6.45, 7) is 12.3. The molecule has 2 N–H and O–H groups in total. The van der Waals surface area contributed by atoms with Crippen LogP contribution in [0.1, 0.15) is 80.1 Å². The van der Waals surface area contributed by atoms with Crippen molar-refractivity contribution in [3.63, 3.8) is 0 Å². The second-order valence-electron chi connectivity index (χ2n) is 7.51. The van der Waals surface area contributed by atoms with E-state index in [1.807, 2.05) is 12.2 Å². The van der Waals surface area contributed by atoms with Gasteiger partial charge in [-0.15, -0.1) is 0 Å². The topological polar surface area (TPSA) is 40.5 Å². The molecule has 23 heavy (non-hydrogen) atoms. The first-order valence-electron chi connectivity index (χ1n) is 8.68. The van der Waals surface area contributed by atoms with E-state index in [1.165, 1.54) is 36.8 Å². The number of rotatable bonds is 10. The maximum atomic E-state index is 9.18. The first kappa shape index (κ1) is 21.6. The summed E-state index contributed by atoms with van der Waals surface area (Å²) in [6, 6.07) is 0. The Hall–Kier alpha value is -1.44. The molecule has 2 heteroatoms. The maximum absolute atomic E-state index is 9.18. The lowest BCUT2D eigenvalue weighted by Crippen LogP contribution is -2.11. The molecule has 132 valence electrons. The Balaban J connectivity index is 4.10. The van der Waals surface area contributed by atoms with Gasteiger partial charge in [0, 0.05) is 0 Å². The van der Waals surface area contributed by atoms with Crippen molar-refractivity contribution in [3.05, 3.63) is 47.0 Å². The van der Waals surface area contributed by atoms with Gasteiger partial charge in [-0.3, -0.25) is 0 Å². The molecular formula is C21H36O2. The van der Waals surface area contributed by atoms with Crippen LogP contribution in [0.2, 0.25) is 0 Å². The molecule has 0 aromatic rings. The number of allylic oxidation sites excluding steroid dienone is 8. The molecule has 2 nitrogen and oxygen atoms in total. The molecular weight excluding hydrogens is 284 g/mol. The van der Waals surface area contributed by atoms with Crippen molar-refractivity contribution in [2.24, 2.45) is 5.41 Å². The molecule has 0 rings (SSSR count). The van der Waals surface area contributed by atoms with Gasteiger partial charge in [-0.05, 0) is 77.4 Å². The molecule has 0 atom stereocenters. The van der Waals surface area contributed by atoms with Crippen LogP contribution < -0.4 is 0 Å². The molecule has 0 fully saturated rings. The van der Waals surface area contributed by atoms with Gasteiger partial charge in [0.25, 0.3) is 0 Å². The second-order valence-corrected chi connectivity index (χ2v) is 7.51. The highest BCUT2D eigenvalue weighted by Gasteiger charge is 2.16. The van der Waals surface area contributed by atoms with E-state index in [9.17, 15) is 5.11 Å². The normalized spacial score (nSPS) is 15.2. The molecule has 0 unspecified atom stereocenters. The highest BCUT2D eigenvalue weighted by Crippen LogP contribution is 2.31. The highest BCUT2D eigenvalue weighted by molar-refractivity contribution is 5.12. The average Bonchev–Trinajstić information content (AvgIpc) is 2.45. The lowest BCUT2D eigenvalue weighted by atomic mass is 9.81. The third-order valence-electron chi connectivity index (χ3n) is 4.09. The third-order valence-corrected chi connectivity index (χ3v) is 4.09. The second kappa shape index (κ2) is 11.2. The summed E-state index contributed by atoms with van der Waals surface area (Å²) < 4.78 is 0. The number of hydrogen-bond acceptors (Lipinski definition) is 2. The molecule has 0 aliphatic rings. The van der Waals surface area contributed by atoms with Crippen LogP contribution in [-0.4, -0.2) is 10.2 Å². The van der Waals surface area contributed by atoms with E-state index in [1.54, 1.807) is 26.0 Å². The zero-order valence-electron chi connectivity index (χ0n) is 15.9. The molecule has 0 saturated heterocycles. The minimum atomic E-state index is 0.353. The van der Waals surface area contributed by atoms with Gasteiger partial charge < -0.3 is 10.2 Å². The molecule has 0 heterocycles. The fourth-order valence-corrected chi connectivity index (χ4v) is 2.36. The molecule has 0 bridgehead atoms. The fraction of sp³-hybridized carbons (Fsp3) is 0.619. The number of hydrogen-bond donors (Lipinski definition) is 2. The van der Waals surface area contributed by atoms with Crippen LogP contribution >= 0.6 is 0 Å². The molecule has 0 aliphatic carbocycles. The van der Waals surface area contributed by atoms with Gasteiger partial charge in [0.1, 0.15) is 0 Å². The van der Waals surface area contributed by atoms with E-state index < -0.39 is 0 Å². The van der Waals surface area contributed by atoms with E-state index in [0.29, 0.717) is 16.9 Å². The van der Waals surface area contributed by atoms with Crippen LogP contribution in [0, 0.1) is 5.41 Å². The fourth-order valence-electron chi connectivity index (χ4n) is 2.36. The Morgan fingerprint density at radius 3 is 1.65 bits per heavy atom. The SMILES string of the molecule is C/C(O)=C\C=C(/C)CCCCC(C)(C)CC/C(C)=C/C=C(\C)O. The zero-order valence-corrected chi connectivity index (χ0v) is 15.9. The Labute approximate surface area is 143 Å². The summed E-state index contributed by atoms with van der Waals surface area (Å²) in [7, 11) is 0. The van der Waals surface area contributed by atoms with Crippen molar-refractivity contribution in [1.82, 2.24) is 0 Å².